The summed E-state index contributed by atoms with van der Waals surface area (Å²) >= 11 is 0. The van der Waals surface area contributed by atoms with Gasteiger partial charge in [-0.3, -0.25) is 10.1 Å². The molecule has 0 fully saturated rings. The van der Waals surface area contributed by atoms with Gasteiger partial charge in [-0.25, -0.2) is 0 Å². The topological polar surface area (TPSA) is 107 Å². The van der Waals surface area contributed by atoms with Crippen molar-refractivity contribution in [3.63, 3.8) is 0 Å². The van der Waals surface area contributed by atoms with Crippen LogP contribution in [0.5, 0.6) is 0 Å². The molecule has 0 aliphatic heterocycles. The maximum absolute atomic E-state index is 10.8. The Morgan fingerprint density at radius 3 is 2.81 bits per heavy atom. The predicted molar refractivity (Wildman–Crippen MR) is 81.2 cm³/mol. The molecule has 114 valence electrons. The maximum Gasteiger partial charge on any atom is 0.296 e. The van der Waals surface area contributed by atoms with Crippen LogP contribution in [0.1, 0.15) is 27.2 Å². The lowest BCUT2D eigenvalue weighted by Crippen LogP contribution is -2.43. The van der Waals surface area contributed by atoms with Crippen LogP contribution >= 0.6 is 0 Å². The molecule has 1 unspecified atom stereocenters. The van der Waals surface area contributed by atoms with Gasteiger partial charge >= 0.3 is 0 Å². The number of nitro benzene ring substituents is 1. The molecule has 0 spiro atoms. The standard InChI is InChI=1S/C14H20N4O3/c1-9(2)7-14(3,8-15)17-13-16-11-6-10(18(19)20)4-5-12(11)21-13/h4-6,9H,7-8,15H2,1-3H3,(H,16,17). The van der Waals surface area contributed by atoms with E-state index in [0.717, 1.165) is 6.42 Å². The average Bonchev–Trinajstić information content (AvgIpc) is 2.78. The summed E-state index contributed by atoms with van der Waals surface area (Å²) in [5, 5.41) is 14.0. The summed E-state index contributed by atoms with van der Waals surface area (Å²) < 4.78 is 5.58. The molecule has 7 nitrogen and oxygen atoms in total. The molecule has 1 atom stereocenters. The van der Waals surface area contributed by atoms with Gasteiger partial charge in [0.1, 0.15) is 5.52 Å². The summed E-state index contributed by atoms with van der Waals surface area (Å²) in [4.78, 5) is 14.6. The molecule has 0 radical (unpaired) electrons. The molecular formula is C14H20N4O3. The fourth-order valence-electron chi connectivity index (χ4n) is 2.43. The molecule has 1 aromatic carbocycles. The molecule has 3 N–H and O–H groups in total. The third-order valence-electron chi connectivity index (χ3n) is 3.30. The van der Waals surface area contributed by atoms with Crippen molar-refractivity contribution in [1.29, 1.82) is 0 Å². The average molecular weight is 292 g/mol. The number of fused-ring (bicyclic) bond motifs is 1. The van der Waals surface area contributed by atoms with Crippen LogP contribution in [-0.2, 0) is 0 Å². The first-order chi connectivity index (χ1) is 9.83. The van der Waals surface area contributed by atoms with E-state index in [1.807, 2.05) is 6.92 Å². The number of nitrogens with one attached hydrogen (secondary N) is 1. The molecule has 2 aromatic rings. The van der Waals surface area contributed by atoms with E-state index in [-0.39, 0.29) is 11.2 Å². The molecule has 1 heterocycles. The SMILES string of the molecule is CC(C)CC(C)(CN)Nc1nc2cc([N+](=O)[O-])ccc2o1. The van der Waals surface area contributed by atoms with Gasteiger partial charge in [0.15, 0.2) is 5.58 Å². The highest BCUT2D eigenvalue weighted by molar-refractivity contribution is 5.77. The monoisotopic (exact) mass is 292 g/mol. The molecule has 21 heavy (non-hydrogen) atoms. The Balaban J connectivity index is 2.28. The summed E-state index contributed by atoms with van der Waals surface area (Å²) in [5.41, 5.74) is 6.46. The largest absolute Gasteiger partial charge is 0.424 e. The van der Waals surface area contributed by atoms with Crippen molar-refractivity contribution < 1.29 is 9.34 Å². The van der Waals surface area contributed by atoms with Gasteiger partial charge in [0, 0.05) is 18.7 Å². The van der Waals surface area contributed by atoms with Crippen molar-refractivity contribution in [2.75, 3.05) is 11.9 Å². The van der Waals surface area contributed by atoms with Gasteiger partial charge in [-0.05, 0) is 25.3 Å². The number of nitrogens with zero attached hydrogens (tertiary/aromatic N) is 2. The molecule has 0 saturated heterocycles. The van der Waals surface area contributed by atoms with Crippen molar-refractivity contribution in [2.45, 2.75) is 32.7 Å². The number of non-ortho nitro benzene ring substituents is 1. The number of oxazole rings is 1. The Labute approximate surface area is 122 Å². The first-order valence-corrected chi connectivity index (χ1v) is 6.86. The van der Waals surface area contributed by atoms with E-state index in [1.165, 1.54) is 12.1 Å². The molecule has 7 heteroatoms. The van der Waals surface area contributed by atoms with Crippen molar-refractivity contribution >= 4 is 22.8 Å². The Hall–Kier alpha value is -2.15. The summed E-state index contributed by atoms with van der Waals surface area (Å²) in [6.45, 7) is 6.67. The zero-order chi connectivity index (χ0) is 15.6. The van der Waals surface area contributed by atoms with Crippen LogP contribution in [-0.4, -0.2) is 22.0 Å². The zero-order valence-corrected chi connectivity index (χ0v) is 12.4. The molecular weight excluding hydrogens is 272 g/mol. The van der Waals surface area contributed by atoms with Crippen molar-refractivity contribution in [3.8, 4) is 0 Å². The molecule has 0 aliphatic rings. The third kappa shape index (κ3) is 3.49. The van der Waals surface area contributed by atoms with Crippen LogP contribution in [0, 0.1) is 16.0 Å². The van der Waals surface area contributed by atoms with Crippen LogP contribution < -0.4 is 11.1 Å². The third-order valence-corrected chi connectivity index (χ3v) is 3.30. The quantitative estimate of drug-likeness (QED) is 0.626. The molecule has 2 rings (SSSR count). The van der Waals surface area contributed by atoms with Crippen molar-refractivity contribution in [2.24, 2.45) is 11.7 Å². The first kappa shape index (κ1) is 15.2. The number of hydrogen-bond acceptors (Lipinski definition) is 6. The Morgan fingerprint density at radius 2 is 2.24 bits per heavy atom. The number of nitro groups is 1. The van der Waals surface area contributed by atoms with E-state index in [1.54, 1.807) is 6.07 Å². The molecule has 0 aliphatic carbocycles. The number of aromatic nitrogens is 1. The zero-order valence-electron chi connectivity index (χ0n) is 12.4. The summed E-state index contributed by atoms with van der Waals surface area (Å²) in [6, 6.07) is 4.67. The highest BCUT2D eigenvalue weighted by atomic mass is 16.6. The number of hydrogen-bond donors (Lipinski definition) is 2. The van der Waals surface area contributed by atoms with Gasteiger partial charge in [0.25, 0.3) is 11.7 Å². The van der Waals surface area contributed by atoms with Crippen LogP contribution in [0.4, 0.5) is 11.7 Å². The van der Waals surface area contributed by atoms with Gasteiger partial charge in [-0.2, -0.15) is 4.98 Å². The van der Waals surface area contributed by atoms with Crippen LogP contribution in [0.15, 0.2) is 22.6 Å². The van der Waals surface area contributed by atoms with Crippen LogP contribution in [0.3, 0.4) is 0 Å². The predicted octanol–water partition coefficient (Wildman–Crippen LogP) is 2.91. The van der Waals surface area contributed by atoms with Gasteiger partial charge in [0.05, 0.1) is 10.5 Å². The number of anilines is 1. The fourth-order valence-corrected chi connectivity index (χ4v) is 2.43. The highest BCUT2D eigenvalue weighted by Gasteiger charge is 2.25. The summed E-state index contributed by atoms with van der Waals surface area (Å²) in [5.74, 6) is 0.469. The molecule has 0 bridgehead atoms. The number of rotatable bonds is 6. The molecule has 1 aromatic heterocycles. The Morgan fingerprint density at radius 1 is 1.52 bits per heavy atom. The van der Waals surface area contributed by atoms with Crippen molar-refractivity contribution in [3.05, 3.63) is 28.3 Å². The lowest BCUT2D eigenvalue weighted by Gasteiger charge is -2.30. The summed E-state index contributed by atoms with van der Waals surface area (Å²) in [7, 11) is 0. The minimum Gasteiger partial charge on any atom is -0.424 e. The van der Waals surface area contributed by atoms with Crippen molar-refractivity contribution in [1.82, 2.24) is 4.98 Å². The first-order valence-electron chi connectivity index (χ1n) is 6.86. The lowest BCUT2D eigenvalue weighted by atomic mass is 9.91. The van der Waals surface area contributed by atoms with E-state index < -0.39 is 4.92 Å². The second kappa shape index (κ2) is 5.69. The minimum absolute atomic E-state index is 0.00822. The van der Waals surface area contributed by atoms with Gasteiger partial charge < -0.3 is 15.5 Å². The van der Waals surface area contributed by atoms with E-state index in [0.29, 0.717) is 29.6 Å². The molecule has 0 amide bonds. The Bertz CT molecular complexity index is 653. The highest BCUT2D eigenvalue weighted by Crippen LogP contribution is 2.26. The second-order valence-electron chi connectivity index (χ2n) is 5.92. The van der Waals surface area contributed by atoms with Crippen LogP contribution in [0.2, 0.25) is 0 Å². The van der Waals surface area contributed by atoms with E-state index in [4.69, 9.17) is 10.2 Å². The fraction of sp³-hybridized carbons (Fsp3) is 0.500. The normalized spacial score (nSPS) is 14.3. The van der Waals surface area contributed by atoms with Gasteiger partial charge in [0.2, 0.25) is 0 Å². The summed E-state index contributed by atoms with van der Waals surface area (Å²) in [6.07, 6.45) is 0.863. The smallest absolute Gasteiger partial charge is 0.296 e. The lowest BCUT2D eigenvalue weighted by molar-refractivity contribution is -0.384. The maximum atomic E-state index is 10.8. The van der Waals surface area contributed by atoms with E-state index >= 15 is 0 Å². The van der Waals surface area contributed by atoms with Crippen LogP contribution in [0.25, 0.3) is 11.1 Å². The number of nitrogens with two attached hydrogens (primary N) is 1. The van der Waals surface area contributed by atoms with Gasteiger partial charge in [-0.15, -0.1) is 0 Å². The second-order valence-corrected chi connectivity index (χ2v) is 5.92. The van der Waals surface area contributed by atoms with E-state index in [2.05, 4.69) is 24.1 Å². The van der Waals surface area contributed by atoms with E-state index in [9.17, 15) is 10.1 Å². The molecule has 0 saturated carbocycles. The minimum atomic E-state index is -0.454. The Kier molecular flexibility index (Phi) is 4.13. The number of benzene rings is 1. The van der Waals surface area contributed by atoms with Gasteiger partial charge in [-0.1, -0.05) is 13.8 Å².